The van der Waals surface area contributed by atoms with E-state index in [1.807, 2.05) is 0 Å². The molecule has 0 rings (SSSR count). The second-order valence-corrected chi connectivity index (χ2v) is 4.09. The maximum absolute atomic E-state index is 11.7. The monoisotopic (exact) mass is 258 g/mol. The van der Waals surface area contributed by atoms with E-state index in [4.69, 9.17) is 10.2 Å². The average Bonchev–Trinajstić information content (AvgIpc) is 2.35. The van der Waals surface area contributed by atoms with Crippen LogP contribution in [0.5, 0.6) is 0 Å². The average molecular weight is 258 g/mol. The number of aliphatic hydroxyl groups excluding tert-OH is 2. The number of amides is 2. The molecule has 0 fully saturated rings. The van der Waals surface area contributed by atoms with E-state index in [0.29, 0.717) is 6.42 Å². The second-order valence-electron chi connectivity index (χ2n) is 4.09. The lowest BCUT2D eigenvalue weighted by atomic mass is 9.99. The Balaban J connectivity index is 4.29. The van der Waals surface area contributed by atoms with E-state index in [9.17, 15) is 9.59 Å². The quantitative estimate of drug-likeness (QED) is 0.406. The van der Waals surface area contributed by atoms with E-state index < -0.39 is 5.92 Å². The van der Waals surface area contributed by atoms with Crippen molar-refractivity contribution in [3.8, 4) is 0 Å². The number of rotatable bonds is 9. The van der Waals surface area contributed by atoms with Gasteiger partial charge in [-0.05, 0) is 13.3 Å². The Kier molecular flexibility index (Phi) is 8.86. The van der Waals surface area contributed by atoms with E-state index in [-0.39, 0.29) is 44.0 Å². The zero-order chi connectivity index (χ0) is 14.0. The maximum Gasteiger partial charge on any atom is 0.224 e. The Labute approximate surface area is 107 Å². The number of hydrogen-bond donors (Lipinski definition) is 4. The molecule has 0 aromatic heterocycles. The van der Waals surface area contributed by atoms with Crippen molar-refractivity contribution < 1.29 is 19.8 Å². The van der Waals surface area contributed by atoms with Crippen molar-refractivity contribution in [2.75, 3.05) is 19.8 Å². The summed E-state index contributed by atoms with van der Waals surface area (Å²) >= 11 is 0. The van der Waals surface area contributed by atoms with E-state index in [1.165, 1.54) is 0 Å². The molecule has 6 nitrogen and oxygen atoms in total. The summed E-state index contributed by atoms with van der Waals surface area (Å²) in [6.07, 6.45) is 2.00. The summed E-state index contributed by atoms with van der Waals surface area (Å²) < 4.78 is 0. The molecule has 4 N–H and O–H groups in total. The zero-order valence-electron chi connectivity index (χ0n) is 10.7. The van der Waals surface area contributed by atoms with Gasteiger partial charge in [0.25, 0.3) is 0 Å². The van der Waals surface area contributed by atoms with Crippen LogP contribution in [-0.2, 0) is 9.59 Å². The lowest BCUT2D eigenvalue weighted by Crippen LogP contribution is -2.39. The highest BCUT2D eigenvalue weighted by Gasteiger charge is 2.20. The molecular weight excluding hydrogens is 236 g/mol. The zero-order valence-corrected chi connectivity index (χ0v) is 10.7. The first-order valence-electron chi connectivity index (χ1n) is 5.94. The molecule has 0 saturated carbocycles. The molecule has 2 atom stereocenters. The minimum atomic E-state index is -0.500. The Morgan fingerprint density at radius 3 is 2.56 bits per heavy atom. The van der Waals surface area contributed by atoms with Crippen LogP contribution in [0.25, 0.3) is 0 Å². The number of allylic oxidation sites excluding steroid dienone is 1. The van der Waals surface area contributed by atoms with Gasteiger partial charge in [-0.2, -0.15) is 0 Å². The molecule has 0 bridgehead atoms. The van der Waals surface area contributed by atoms with Crippen molar-refractivity contribution >= 4 is 11.8 Å². The Bertz CT molecular complexity index is 281. The van der Waals surface area contributed by atoms with Crippen molar-refractivity contribution in [2.45, 2.75) is 25.8 Å². The van der Waals surface area contributed by atoms with Gasteiger partial charge in [-0.15, -0.1) is 6.58 Å². The predicted octanol–water partition coefficient (Wildman–Crippen LogP) is -0.826. The number of aliphatic hydroxyl groups is 2. The SMILES string of the molecule is C=CC[C@H](CC(=O)N[C@@H](C)CO)C(=O)NCCO. The van der Waals surface area contributed by atoms with Crippen molar-refractivity contribution in [3.05, 3.63) is 12.7 Å². The first-order valence-corrected chi connectivity index (χ1v) is 5.94. The number of nitrogens with one attached hydrogen (secondary N) is 2. The molecule has 0 aliphatic heterocycles. The topological polar surface area (TPSA) is 98.7 Å². The lowest BCUT2D eigenvalue weighted by molar-refractivity contribution is -0.130. The molecule has 6 heteroatoms. The Hall–Kier alpha value is -1.40. The highest BCUT2D eigenvalue weighted by Crippen LogP contribution is 2.09. The molecule has 18 heavy (non-hydrogen) atoms. The summed E-state index contributed by atoms with van der Waals surface area (Å²) in [5, 5.41) is 22.5. The molecule has 0 aromatic rings. The van der Waals surface area contributed by atoms with Crippen LogP contribution in [0.2, 0.25) is 0 Å². The fourth-order valence-corrected chi connectivity index (χ4v) is 1.41. The summed E-state index contributed by atoms with van der Waals surface area (Å²) in [6, 6.07) is -0.331. The van der Waals surface area contributed by atoms with Crippen molar-refractivity contribution in [3.63, 3.8) is 0 Å². The molecule has 0 radical (unpaired) electrons. The molecule has 0 saturated heterocycles. The van der Waals surface area contributed by atoms with Crippen molar-refractivity contribution in [2.24, 2.45) is 5.92 Å². The smallest absolute Gasteiger partial charge is 0.224 e. The minimum Gasteiger partial charge on any atom is -0.395 e. The largest absolute Gasteiger partial charge is 0.395 e. The third-order valence-electron chi connectivity index (χ3n) is 2.35. The van der Waals surface area contributed by atoms with E-state index in [2.05, 4.69) is 17.2 Å². The molecular formula is C12H22N2O4. The Morgan fingerprint density at radius 2 is 2.06 bits per heavy atom. The summed E-state index contributed by atoms with van der Waals surface area (Å²) in [5.74, 6) is -1.07. The van der Waals surface area contributed by atoms with Crippen LogP contribution in [0.3, 0.4) is 0 Å². The molecule has 0 unspecified atom stereocenters. The first kappa shape index (κ1) is 16.6. The minimum absolute atomic E-state index is 0.0353. The Morgan fingerprint density at radius 1 is 1.39 bits per heavy atom. The van der Waals surface area contributed by atoms with Gasteiger partial charge in [-0.1, -0.05) is 6.08 Å². The lowest BCUT2D eigenvalue weighted by Gasteiger charge is -2.16. The van der Waals surface area contributed by atoms with Gasteiger partial charge >= 0.3 is 0 Å². The van der Waals surface area contributed by atoms with E-state index >= 15 is 0 Å². The molecule has 0 heterocycles. The predicted molar refractivity (Wildman–Crippen MR) is 67.7 cm³/mol. The van der Waals surface area contributed by atoms with Crippen LogP contribution in [0, 0.1) is 5.92 Å². The summed E-state index contributed by atoms with van der Waals surface area (Å²) in [7, 11) is 0. The fourth-order valence-electron chi connectivity index (χ4n) is 1.41. The van der Waals surface area contributed by atoms with E-state index in [1.54, 1.807) is 13.0 Å². The fraction of sp³-hybridized carbons (Fsp3) is 0.667. The van der Waals surface area contributed by atoms with Gasteiger partial charge in [0, 0.05) is 19.0 Å². The van der Waals surface area contributed by atoms with E-state index in [0.717, 1.165) is 0 Å². The standard InChI is InChI=1S/C12H22N2O4/c1-3-4-10(12(18)13-5-6-15)7-11(17)14-9(2)8-16/h3,9-10,15-16H,1,4-8H2,2H3,(H,13,18)(H,14,17)/t9-,10+/m0/s1. The van der Waals surface area contributed by atoms with Gasteiger partial charge in [0.05, 0.1) is 19.1 Å². The van der Waals surface area contributed by atoms with Gasteiger partial charge in [0.1, 0.15) is 0 Å². The molecule has 2 amide bonds. The summed E-state index contributed by atoms with van der Waals surface area (Å²) in [6.45, 7) is 5.10. The van der Waals surface area contributed by atoms with Gasteiger partial charge in [0.15, 0.2) is 0 Å². The third-order valence-corrected chi connectivity index (χ3v) is 2.35. The maximum atomic E-state index is 11.7. The highest BCUT2D eigenvalue weighted by atomic mass is 16.3. The number of carbonyl (C=O) groups excluding carboxylic acids is 2. The van der Waals surface area contributed by atoms with Crippen LogP contribution < -0.4 is 10.6 Å². The number of hydrogen-bond acceptors (Lipinski definition) is 4. The second kappa shape index (κ2) is 9.61. The summed E-state index contributed by atoms with van der Waals surface area (Å²) in [5.41, 5.74) is 0. The van der Waals surface area contributed by atoms with Gasteiger partial charge in [0.2, 0.25) is 11.8 Å². The summed E-state index contributed by atoms with van der Waals surface area (Å²) in [4.78, 5) is 23.3. The molecule has 0 spiro atoms. The van der Waals surface area contributed by atoms with Crippen LogP contribution in [0.15, 0.2) is 12.7 Å². The third kappa shape index (κ3) is 7.03. The molecule has 0 aliphatic rings. The van der Waals surface area contributed by atoms with Crippen LogP contribution in [0.1, 0.15) is 19.8 Å². The van der Waals surface area contributed by atoms with Gasteiger partial charge in [-0.25, -0.2) is 0 Å². The van der Waals surface area contributed by atoms with Crippen LogP contribution in [0.4, 0.5) is 0 Å². The molecule has 0 aromatic carbocycles. The molecule has 0 aliphatic carbocycles. The van der Waals surface area contributed by atoms with Crippen molar-refractivity contribution in [1.82, 2.24) is 10.6 Å². The first-order chi connectivity index (χ1) is 8.54. The van der Waals surface area contributed by atoms with Crippen LogP contribution >= 0.6 is 0 Å². The van der Waals surface area contributed by atoms with Gasteiger partial charge < -0.3 is 20.8 Å². The molecule has 104 valence electrons. The normalized spacial score (nSPS) is 13.5. The van der Waals surface area contributed by atoms with Crippen molar-refractivity contribution in [1.29, 1.82) is 0 Å². The van der Waals surface area contributed by atoms with Gasteiger partial charge in [-0.3, -0.25) is 9.59 Å². The van der Waals surface area contributed by atoms with Crippen LogP contribution in [-0.4, -0.2) is 47.8 Å². The number of carbonyl (C=O) groups is 2. The highest BCUT2D eigenvalue weighted by molar-refractivity contribution is 5.86.